The Morgan fingerprint density at radius 3 is 1.56 bits per heavy atom. The molecule has 8 nitrogen and oxygen atoms in total. The van der Waals surface area contributed by atoms with E-state index >= 15 is 0 Å². The molecule has 0 spiro atoms. The van der Waals surface area contributed by atoms with Gasteiger partial charge in [-0.05, 0) is 6.42 Å². The molecule has 0 amide bonds. The molecule has 0 heterocycles. The van der Waals surface area contributed by atoms with Crippen molar-refractivity contribution in [2.24, 2.45) is 5.73 Å². The minimum absolute atomic E-state index is 0.346. The van der Waals surface area contributed by atoms with E-state index < -0.39 is 33.2 Å². The molecule has 0 saturated heterocycles. The van der Waals surface area contributed by atoms with Crippen LogP contribution in [0.5, 0.6) is 0 Å². The predicted octanol–water partition coefficient (Wildman–Crippen LogP) is -0.177. The zero-order valence-electron chi connectivity index (χ0n) is 10.7. The quantitative estimate of drug-likeness (QED) is 0.526. The van der Waals surface area contributed by atoms with Gasteiger partial charge in [-0.2, -0.15) is 0 Å². The van der Waals surface area contributed by atoms with Crippen LogP contribution in [0.4, 0.5) is 0 Å². The van der Waals surface area contributed by atoms with Crippen molar-refractivity contribution in [2.45, 2.75) is 40.3 Å². The third kappa shape index (κ3) is 6.32. The van der Waals surface area contributed by atoms with Gasteiger partial charge in [0.15, 0.2) is 0 Å². The lowest BCUT2D eigenvalue weighted by Gasteiger charge is -2.26. The van der Waals surface area contributed by atoms with Gasteiger partial charge in [0.05, 0.1) is 0 Å². The maximum atomic E-state index is 11.0. The molecule has 1 atom stereocenters. The fraction of sp³-hybridized carbons (Fsp3) is 0.667. The van der Waals surface area contributed by atoms with E-state index in [1.807, 2.05) is 0 Å². The largest absolute Gasteiger partial charge is 0.900 e. The smallest absolute Gasteiger partial charge is 0.433 e. The Hall–Kier alpha value is -1.45. The van der Waals surface area contributed by atoms with Crippen LogP contribution in [-0.4, -0.2) is 33.2 Å². The highest BCUT2D eigenvalue weighted by Crippen LogP contribution is 2.15. The van der Waals surface area contributed by atoms with E-state index in [0.717, 1.165) is 20.8 Å². The number of hydrogen-bond acceptors (Lipinski definition) is 8. The summed E-state index contributed by atoms with van der Waals surface area (Å²) in [5.74, 6) is -2.44. The van der Waals surface area contributed by atoms with E-state index in [1.165, 1.54) is 0 Å². The molecule has 2 N–H and O–H groups in total. The van der Waals surface area contributed by atoms with Crippen molar-refractivity contribution in [3.63, 3.8) is 0 Å². The fourth-order valence-corrected chi connectivity index (χ4v) is 2.79. The lowest BCUT2D eigenvalue weighted by Crippen LogP contribution is -2.55. The lowest BCUT2D eigenvalue weighted by atomic mass is 10.5. The van der Waals surface area contributed by atoms with Crippen molar-refractivity contribution in [1.29, 1.82) is 0 Å². The first-order chi connectivity index (χ1) is 8.20. The van der Waals surface area contributed by atoms with Gasteiger partial charge in [0.1, 0.15) is 6.23 Å². The van der Waals surface area contributed by atoms with Gasteiger partial charge in [-0.25, -0.2) is 0 Å². The normalized spacial score (nSPS) is 12.5. The average Bonchev–Trinajstić information content (AvgIpc) is 2.12. The first-order valence-electron chi connectivity index (χ1n) is 5.23. The molecule has 0 aromatic carbocycles. The highest BCUT2D eigenvalue weighted by Gasteiger charge is 2.58. The molecule has 0 aliphatic heterocycles. The summed E-state index contributed by atoms with van der Waals surface area (Å²) in [6, 6.07) is 0. The van der Waals surface area contributed by atoms with Gasteiger partial charge in [0, 0.05) is 20.8 Å². The van der Waals surface area contributed by atoms with Crippen molar-refractivity contribution in [2.75, 3.05) is 0 Å². The molecule has 0 rings (SSSR count). The number of rotatable bonds is 6. The second kappa shape index (κ2) is 7.09. The Morgan fingerprint density at radius 1 is 1.00 bits per heavy atom. The highest BCUT2D eigenvalue weighted by atomic mass is 28.4. The van der Waals surface area contributed by atoms with E-state index in [1.54, 1.807) is 6.92 Å². The number of carbonyl (C=O) groups is 3. The molecule has 0 aliphatic carbocycles. The van der Waals surface area contributed by atoms with Gasteiger partial charge < -0.3 is 23.4 Å². The van der Waals surface area contributed by atoms with Gasteiger partial charge in [-0.3, -0.25) is 14.4 Å². The van der Waals surface area contributed by atoms with Crippen LogP contribution in [0.15, 0.2) is 0 Å². The summed E-state index contributed by atoms with van der Waals surface area (Å²) in [6.45, 7) is 4.89. The SMILES string of the molecule is CCC(N)O[Si](OC(C)=O)(OC(C)=O)OC(C)=O. The van der Waals surface area contributed by atoms with Crippen molar-refractivity contribution >= 4 is 27.0 Å². The second-order valence-electron chi connectivity index (χ2n) is 3.35. The molecule has 0 aromatic rings. The third-order valence-corrected chi connectivity index (χ3v) is 3.71. The molecule has 0 bridgehead atoms. The van der Waals surface area contributed by atoms with E-state index in [-0.39, 0.29) is 0 Å². The van der Waals surface area contributed by atoms with Gasteiger partial charge in [-0.1, -0.05) is 6.92 Å². The zero-order chi connectivity index (χ0) is 14.3. The first kappa shape index (κ1) is 16.5. The summed E-state index contributed by atoms with van der Waals surface area (Å²) in [5.41, 5.74) is 5.52. The van der Waals surface area contributed by atoms with Crippen molar-refractivity contribution < 1.29 is 32.1 Å². The predicted molar refractivity (Wildman–Crippen MR) is 60.4 cm³/mol. The maximum Gasteiger partial charge on any atom is 0.900 e. The summed E-state index contributed by atoms with van der Waals surface area (Å²) in [6.07, 6.45) is -0.548. The van der Waals surface area contributed by atoms with Crippen LogP contribution in [0, 0.1) is 0 Å². The third-order valence-electron chi connectivity index (χ3n) is 1.50. The highest BCUT2D eigenvalue weighted by molar-refractivity contribution is 6.59. The Bertz CT molecular complexity index is 292. The maximum absolute atomic E-state index is 11.0. The second-order valence-corrected chi connectivity index (χ2v) is 5.19. The monoisotopic (exact) mass is 279 g/mol. The van der Waals surface area contributed by atoms with Crippen LogP contribution >= 0.6 is 0 Å². The van der Waals surface area contributed by atoms with Gasteiger partial charge in [0.2, 0.25) is 0 Å². The van der Waals surface area contributed by atoms with E-state index in [4.69, 9.17) is 23.4 Å². The number of nitrogens with two attached hydrogens (primary N) is 1. The van der Waals surface area contributed by atoms with Crippen LogP contribution in [0.25, 0.3) is 0 Å². The first-order valence-corrected chi connectivity index (χ1v) is 6.86. The van der Waals surface area contributed by atoms with Crippen molar-refractivity contribution in [3.05, 3.63) is 0 Å². The summed E-state index contributed by atoms with van der Waals surface area (Å²) >= 11 is 0. The van der Waals surface area contributed by atoms with E-state index in [0.29, 0.717) is 6.42 Å². The van der Waals surface area contributed by atoms with Gasteiger partial charge in [-0.15, -0.1) is 0 Å². The molecular formula is C9H17NO7Si. The molecule has 0 aromatic heterocycles. The molecular weight excluding hydrogens is 262 g/mol. The molecule has 18 heavy (non-hydrogen) atoms. The molecule has 9 heteroatoms. The summed E-state index contributed by atoms with van der Waals surface area (Å²) in [5, 5.41) is 0. The molecule has 0 radical (unpaired) electrons. The zero-order valence-corrected chi connectivity index (χ0v) is 11.7. The number of carbonyl (C=O) groups excluding carboxylic acids is 3. The van der Waals surface area contributed by atoms with Crippen LogP contribution in [-0.2, 0) is 32.1 Å². The van der Waals surface area contributed by atoms with Crippen LogP contribution in [0.3, 0.4) is 0 Å². The Morgan fingerprint density at radius 2 is 1.33 bits per heavy atom. The Labute approximate surface area is 106 Å². The minimum Gasteiger partial charge on any atom is -0.433 e. The molecule has 1 unspecified atom stereocenters. The van der Waals surface area contributed by atoms with Crippen LogP contribution < -0.4 is 5.73 Å². The van der Waals surface area contributed by atoms with E-state index in [9.17, 15) is 14.4 Å². The molecule has 0 fully saturated rings. The van der Waals surface area contributed by atoms with Crippen LogP contribution in [0.2, 0.25) is 0 Å². The van der Waals surface area contributed by atoms with Crippen LogP contribution in [0.1, 0.15) is 34.1 Å². The Balaban J connectivity index is 5.15. The summed E-state index contributed by atoms with van der Waals surface area (Å²) in [7, 11) is -4.24. The van der Waals surface area contributed by atoms with Crippen molar-refractivity contribution in [1.82, 2.24) is 0 Å². The number of hydrogen-bond donors (Lipinski definition) is 1. The lowest BCUT2D eigenvalue weighted by molar-refractivity contribution is -0.158. The topological polar surface area (TPSA) is 114 Å². The van der Waals surface area contributed by atoms with Crippen molar-refractivity contribution in [3.8, 4) is 0 Å². The molecule has 0 aliphatic rings. The average molecular weight is 279 g/mol. The minimum atomic E-state index is -4.24. The Kier molecular flexibility index (Phi) is 6.51. The molecule has 104 valence electrons. The van der Waals surface area contributed by atoms with E-state index in [2.05, 4.69) is 0 Å². The fourth-order valence-electron chi connectivity index (χ4n) is 0.931. The summed E-state index contributed by atoms with van der Waals surface area (Å²) < 4.78 is 19.3. The van der Waals surface area contributed by atoms with Gasteiger partial charge >= 0.3 is 9.05 Å². The standard InChI is InChI=1S/C9H17NO7Si/c1-5-9(10)17-18(14-6(2)11,15-7(3)12)16-8(4)13/h9H,5,10H2,1-4H3. The molecule has 0 saturated carbocycles. The van der Waals surface area contributed by atoms with Gasteiger partial charge in [0.25, 0.3) is 17.9 Å². The summed E-state index contributed by atoms with van der Waals surface area (Å²) in [4.78, 5) is 33.0.